The third-order valence-electron chi connectivity index (χ3n) is 3.81. The van der Waals surface area contributed by atoms with E-state index in [0.717, 1.165) is 0 Å². The van der Waals surface area contributed by atoms with Crippen LogP contribution in [0.2, 0.25) is 0 Å². The highest BCUT2D eigenvalue weighted by molar-refractivity contribution is 5.54. The predicted octanol–water partition coefficient (Wildman–Crippen LogP) is 3.49. The Bertz CT molecular complexity index is 485. The van der Waals surface area contributed by atoms with Crippen molar-refractivity contribution in [2.24, 2.45) is 11.7 Å². The summed E-state index contributed by atoms with van der Waals surface area (Å²) in [6.45, 7) is 2.29. The van der Waals surface area contributed by atoms with Crippen molar-refractivity contribution in [1.82, 2.24) is 0 Å². The molecule has 1 heterocycles. The number of piperidine rings is 1. The highest BCUT2D eigenvalue weighted by Crippen LogP contribution is 2.36. The molecule has 1 fully saturated rings. The standard InChI is InChI=1S/C15H20F4N2/c1-10(20)7-11-8-13(16)4-5-14(11)21-6-2-3-12(9-21)15(17,18)19/h4-5,8,10,12H,2-3,6-7,9,20H2,1H3. The highest BCUT2D eigenvalue weighted by atomic mass is 19.4. The fraction of sp³-hybridized carbons (Fsp3) is 0.600. The molecular formula is C15H20F4N2. The van der Waals surface area contributed by atoms with Gasteiger partial charge in [-0.1, -0.05) is 0 Å². The first-order valence-corrected chi connectivity index (χ1v) is 7.13. The van der Waals surface area contributed by atoms with Gasteiger partial charge in [-0.3, -0.25) is 0 Å². The summed E-state index contributed by atoms with van der Waals surface area (Å²) in [7, 11) is 0. The number of hydrogen-bond donors (Lipinski definition) is 1. The molecule has 2 nitrogen and oxygen atoms in total. The van der Waals surface area contributed by atoms with Crippen LogP contribution in [0.4, 0.5) is 23.2 Å². The van der Waals surface area contributed by atoms with Crippen molar-refractivity contribution in [3.8, 4) is 0 Å². The fourth-order valence-electron chi connectivity index (χ4n) is 2.84. The quantitative estimate of drug-likeness (QED) is 0.866. The zero-order valence-electron chi connectivity index (χ0n) is 12.0. The second-order valence-corrected chi connectivity index (χ2v) is 5.78. The average Bonchev–Trinajstić information content (AvgIpc) is 2.37. The van der Waals surface area contributed by atoms with E-state index in [9.17, 15) is 17.6 Å². The van der Waals surface area contributed by atoms with Gasteiger partial charge in [-0.15, -0.1) is 0 Å². The van der Waals surface area contributed by atoms with Crippen LogP contribution in [-0.4, -0.2) is 25.3 Å². The maximum atomic E-state index is 13.4. The molecule has 1 aliphatic rings. The van der Waals surface area contributed by atoms with Gasteiger partial charge < -0.3 is 10.6 Å². The molecule has 0 radical (unpaired) electrons. The lowest BCUT2D eigenvalue weighted by molar-refractivity contribution is -0.176. The second-order valence-electron chi connectivity index (χ2n) is 5.78. The topological polar surface area (TPSA) is 29.3 Å². The Hall–Kier alpha value is -1.30. The number of nitrogens with two attached hydrogens (primary N) is 1. The van der Waals surface area contributed by atoms with Crippen molar-refractivity contribution in [3.63, 3.8) is 0 Å². The Morgan fingerprint density at radius 2 is 2.10 bits per heavy atom. The van der Waals surface area contributed by atoms with E-state index in [4.69, 9.17) is 5.73 Å². The first-order chi connectivity index (χ1) is 9.77. The normalized spacial score (nSPS) is 21.4. The molecule has 0 spiro atoms. The summed E-state index contributed by atoms with van der Waals surface area (Å²) in [5.41, 5.74) is 7.09. The van der Waals surface area contributed by atoms with Crippen molar-refractivity contribution in [1.29, 1.82) is 0 Å². The van der Waals surface area contributed by atoms with Crippen molar-refractivity contribution >= 4 is 5.69 Å². The van der Waals surface area contributed by atoms with Gasteiger partial charge in [0, 0.05) is 24.8 Å². The van der Waals surface area contributed by atoms with Crippen molar-refractivity contribution in [3.05, 3.63) is 29.6 Å². The van der Waals surface area contributed by atoms with Crippen LogP contribution >= 0.6 is 0 Å². The highest BCUT2D eigenvalue weighted by Gasteiger charge is 2.42. The number of nitrogens with zero attached hydrogens (tertiary/aromatic N) is 1. The minimum absolute atomic E-state index is 0.0684. The van der Waals surface area contributed by atoms with Crippen LogP contribution in [0.1, 0.15) is 25.3 Å². The SMILES string of the molecule is CC(N)Cc1cc(F)ccc1N1CCCC(C(F)(F)F)C1. The van der Waals surface area contributed by atoms with E-state index < -0.39 is 17.9 Å². The minimum Gasteiger partial charge on any atom is -0.371 e. The lowest BCUT2D eigenvalue weighted by Crippen LogP contribution is -2.42. The lowest BCUT2D eigenvalue weighted by atomic mass is 9.95. The van der Waals surface area contributed by atoms with Crippen LogP contribution < -0.4 is 10.6 Å². The number of hydrogen-bond acceptors (Lipinski definition) is 2. The van der Waals surface area contributed by atoms with Crippen LogP contribution in [0.3, 0.4) is 0 Å². The molecule has 0 amide bonds. The first kappa shape index (κ1) is 16.1. The molecule has 6 heteroatoms. The summed E-state index contributed by atoms with van der Waals surface area (Å²) in [6.07, 6.45) is -3.09. The van der Waals surface area contributed by atoms with Crippen LogP contribution in [0, 0.1) is 11.7 Å². The number of benzene rings is 1. The number of alkyl halides is 3. The first-order valence-electron chi connectivity index (χ1n) is 7.13. The summed E-state index contributed by atoms with van der Waals surface area (Å²) >= 11 is 0. The summed E-state index contributed by atoms with van der Waals surface area (Å²) in [5.74, 6) is -1.71. The van der Waals surface area contributed by atoms with Gasteiger partial charge >= 0.3 is 6.18 Å². The largest absolute Gasteiger partial charge is 0.393 e. The van der Waals surface area contributed by atoms with Crippen LogP contribution in [0.25, 0.3) is 0 Å². The van der Waals surface area contributed by atoms with Crippen molar-refractivity contribution in [2.75, 3.05) is 18.0 Å². The fourth-order valence-corrected chi connectivity index (χ4v) is 2.84. The average molecular weight is 304 g/mol. The van der Waals surface area contributed by atoms with E-state index in [1.165, 1.54) is 12.1 Å². The Morgan fingerprint density at radius 3 is 2.71 bits per heavy atom. The molecule has 0 aromatic heterocycles. The van der Waals surface area contributed by atoms with Crippen LogP contribution in [-0.2, 0) is 6.42 Å². The maximum absolute atomic E-state index is 13.4. The van der Waals surface area contributed by atoms with Gasteiger partial charge in [-0.05, 0) is 49.9 Å². The van der Waals surface area contributed by atoms with Crippen LogP contribution in [0.5, 0.6) is 0 Å². The van der Waals surface area contributed by atoms with Crippen molar-refractivity contribution < 1.29 is 17.6 Å². The molecular weight excluding hydrogens is 284 g/mol. The lowest BCUT2D eigenvalue weighted by Gasteiger charge is -2.36. The molecule has 2 rings (SSSR count). The zero-order chi connectivity index (χ0) is 15.6. The van der Waals surface area contributed by atoms with Gasteiger partial charge in [0.2, 0.25) is 0 Å². The molecule has 0 saturated carbocycles. The summed E-state index contributed by atoms with van der Waals surface area (Å²) in [6, 6.07) is 4.05. The number of rotatable bonds is 3. The molecule has 0 aliphatic carbocycles. The molecule has 2 unspecified atom stereocenters. The molecule has 1 saturated heterocycles. The molecule has 21 heavy (non-hydrogen) atoms. The summed E-state index contributed by atoms with van der Waals surface area (Å²) < 4.78 is 52.1. The van der Waals surface area contributed by atoms with Gasteiger partial charge in [0.25, 0.3) is 0 Å². The Morgan fingerprint density at radius 1 is 1.38 bits per heavy atom. The van der Waals surface area contributed by atoms with E-state index in [0.29, 0.717) is 30.6 Å². The van der Waals surface area contributed by atoms with Gasteiger partial charge in [-0.25, -0.2) is 4.39 Å². The third-order valence-corrected chi connectivity index (χ3v) is 3.81. The van der Waals surface area contributed by atoms with Crippen LogP contribution in [0.15, 0.2) is 18.2 Å². The van der Waals surface area contributed by atoms with Crippen molar-refractivity contribution in [2.45, 2.75) is 38.4 Å². The van der Waals surface area contributed by atoms with E-state index in [1.54, 1.807) is 17.9 Å². The summed E-state index contributed by atoms with van der Waals surface area (Å²) in [4.78, 5) is 1.71. The smallest absolute Gasteiger partial charge is 0.371 e. The zero-order valence-corrected chi connectivity index (χ0v) is 12.0. The van der Waals surface area contributed by atoms with E-state index in [-0.39, 0.29) is 19.0 Å². The monoisotopic (exact) mass is 304 g/mol. The Labute approximate surface area is 121 Å². The molecule has 118 valence electrons. The summed E-state index contributed by atoms with van der Waals surface area (Å²) in [5, 5.41) is 0. The molecule has 2 N–H and O–H groups in total. The predicted molar refractivity (Wildman–Crippen MR) is 74.7 cm³/mol. The molecule has 1 aromatic carbocycles. The number of anilines is 1. The molecule has 0 bridgehead atoms. The van der Waals surface area contributed by atoms with E-state index in [2.05, 4.69) is 0 Å². The van der Waals surface area contributed by atoms with Gasteiger partial charge in [0.1, 0.15) is 5.82 Å². The minimum atomic E-state index is -4.18. The van der Waals surface area contributed by atoms with E-state index >= 15 is 0 Å². The Kier molecular flexibility index (Phi) is 4.76. The maximum Gasteiger partial charge on any atom is 0.393 e. The van der Waals surface area contributed by atoms with Gasteiger partial charge in [0.05, 0.1) is 5.92 Å². The molecule has 1 aromatic rings. The third kappa shape index (κ3) is 4.09. The second kappa shape index (κ2) is 6.22. The Balaban J connectivity index is 2.24. The number of halogens is 4. The molecule has 1 aliphatic heterocycles. The van der Waals surface area contributed by atoms with Gasteiger partial charge in [-0.2, -0.15) is 13.2 Å². The van der Waals surface area contributed by atoms with Gasteiger partial charge in [0.15, 0.2) is 0 Å². The molecule has 2 atom stereocenters. The van der Waals surface area contributed by atoms with E-state index in [1.807, 2.05) is 0 Å².